The fourth-order valence-corrected chi connectivity index (χ4v) is 5.04. The Morgan fingerprint density at radius 1 is 0.971 bits per heavy atom. The molecule has 4 aromatic rings. The number of fused-ring (bicyclic) bond motifs is 1. The minimum Gasteiger partial charge on any atom is -0.348 e. The maximum atomic E-state index is 13.8. The summed E-state index contributed by atoms with van der Waals surface area (Å²) in [4.78, 5) is 13.4. The average molecular weight is 475 g/mol. The van der Waals surface area contributed by atoms with Crippen molar-refractivity contribution in [1.29, 1.82) is 0 Å². The number of aromatic nitrogens is 1. The summed E-state index contributed by atoms with van der Waals surface area (Å²) in [5.41, 5.74) is 5.30. The summed E-state index contributed by atoms with van der Waals surface area (Å²) in [5.74, 6) is -0.239. The molecule has 0 unspecified atom stereocenters. The molecule has 1 N–H and O–H groups in total. The maximum Gasteiger partial charge on any atom is 0.268 e. The molecule has 0 radical (unpaired) electrons. The van der Waals surface area contributed by atoms with Gasteiger partial charge >= 0.3 is 0 Å². The van der Waals surface area contributed by atoms with Crippen LogP contribution in [0, 0.1) is 12.7 Å². The van der Waals surface area contributed by atoms with Gasteiger partial charge in [0.2, 0.25) is 0 Å². The zero-order valence-electron chi connectivity index (χ0n) is 19.3. The van der Waals surface area contributed by atoms with Gasteiger partial charge in [0.25, 0.3) is 5.91 Å². The largest absolute Gasteiger partial charge is 0.348 e. The van der Waals surface area contributed by atoms with Gasteiger partial charge in [-0.3, -0.25) is 4.79 Å². The SMILES string of the molecule is Cc1cc(-c2ccc3c(c2)cc(C(=O)NC2CCCCC2)n3Cc2ccc(Cl)cc2)ccc1F. The molecule has 34 heavy (non-hydrogen) atoms. The molecule has 3 aromatic carbocycles. The normalized spacial score (nSPS) is 14.4. The molecule has 1 saturated carbocycles. The second-order valence-electron chi connectivity index (χ2n) is 9.29. The summed E-state index contributed by atoms with van der Waals surface area (Å²) in [7, 11) is 0. The topological polar surface area (TPSA) is 34.0 Å². The number of carbonyl (C=O) groups is 1. The summed E-state index contributed by atoms with van der Waals surface area (Å²) in [5, 5.41) is 4.95. The maximum absolute atomic E-state index is 13.8. The predicted molar refractivity (Wildman–Crippen MR) is 137 cm³/mol. The molecule has 0 saturated heterocycles. The van der Waals surface area contributed by atoms with E-state index in [1.165, 1.54) is 25.3 Å². The molecule has 5 heteroatoms. The van der Waals surface area contributed by atoms with Gasteiger partial charge in [-0.05, 0) is 84.5 Å². The van der Waals surface area contributed by atoms with E-state index in [2.05, 4.69) is 22.0 Å². The first-order valence-electron chi connectivity index (χ1n) is 11.9. The van der Waals surface area contributed by atoms with Crippen LogP contribution in [0.4, 0.5) is 4.39 Å². The number of hydrogen-bond acceptors (Lipinski definition) is 1. The van der Waals surface area contributed by atoms with E-state index in [1.54, 1.807) is 13.0 Å². The lowest BCUT2D eigenvalue weighted by atomic mass is 9.95. The van der Waals surface area contributed by atoms with Crippen LogP contribution in [0.1, 0.15) is 53.7 Å². The summed E-state index contributed by atoms with van der Waals surface area (Å²) in [6.07, 6.45) is 5.65. The van der Waals surface area contributed by atoms with Gasteiger partial charge in [0, 0.05) is 28.5 Å². The van der Waals surface area contributed by atoms with Crippen LogP contribution in [0.25, 0.3) is 22.0 Å². The lowest BCUT2D eigenvalue weighted by molar-refractivity contribution is 0.0919. The van der Waals surface area contributed by atoms with E-state index >= 15 is 0 Å². The fraction of sp³-hybridized carbons (Fsp3) is 0.276. The van der Waals surface area contributed by atoms with Crippen molar-refractivity contribution in [2.24, 2.45) is 0 Å². The van der Waals surface area contributed by atoms with Crippen molar-refractivity contribution in [3.63, 3.8) is 0 Å². The summed E-state index contributed by atoms with van der Waals surface area (Å²) >= 11 is 6.08. The number of nitrogens with one attached hydrogen (secondary N) is 1. The van der Waals surface area contributed by atoms with Gasteiger partial charge in [-0.15, -0.1) is 0 Å². The molecule has 1 fully saturated rings. The molecule has 1 aromatic heterocycles. The van der Waals surface area contributed by atoms with Crippen LogP contribution in [-0.4, -0.2) is 16.5 Å². The number of hydrogen-bond donors (Lipinski definition) is 1. The van der Waals surface area contributed by atoms with Crippen molar-refractivity contribution < 1.29 is 9.18 Å². The van der Waals surface area contributed by atoms with Crippen molar-refractivity contribution in [3.8, 4) is 11.1 Å². The highest BCUT2D eigenvalue weighted by molar-refractivity contribution is 6.30. The molecule has 0 bridgehead atoms. The van der Waals surface area contributed by atoms with E-state index < -0.39 is 0 Å². The summed E-state index contributed by atoms with van der Waals surface area (Å²) in [6.45, 7) is 2.34. The third-order valence-electron chi connectivity index (χ3n) is 6.82. The van der Waals surface area contributed by atoms with Crippen LogP contribution in [0.3, 0.4) is 0 Å². The Kier molecular flexibility index (Phi) is 6.42. The van der Waals surface area contributed by atoms with Gasteiger partial charge in [-0.2, -0.15) is 0 Å². The Hall–Kier alpha value is -3.11. The summed E-state index contributed by atoms with van der Waals surface area (Å²) < 4.78 is 15.9. The first kappa shape index (κ1) is 22.7. The highest BCUT2D eigenvalue weighted by Crippen LogP contribution is 2.29. The van der Waals surface area contributed by atoms with E-state index in [0.717, 1.165) is 40.4 Å². The van der Waals surface area contributed by atoms with Gasteiger partial charge in [0.15, 0.2) is 0 Å². The molecule has 1 aliphatic rings. The van der Waals surface area contributed by atoms with Gasteiger partial charge in [0.05, 0.1) is 0 Å². The van der Waals surface area contributed by atoms with Crippen molar-refractivity contribution in [2.45, 2.75) is 51.6 Å². The molecule has 0 atom stereocenters. The molecular weight excluding hydrogens is 447 g/mol. The quantitative estimate of drug-likeness (QED) is 0.319. The first-order chi connectivity index (χ1) is 16.5. The van der Waals surface area contributed by atoms with Crippen molar-refractivity contribution >= 4 is 28.4 Å². The Labute approximate surface area is 204 Å². The highest BCUT2D eigenvalue weighted by atomic mass is 35.5. The molecule has 1 aliphatic carbocycles. The monoisotopic (exact) mass is 474 g/mol. The van der Waals surface area contributed by atoms with E-state index in [4.69, 9.17) is 11.6 Å². The number of halogens is 2. The van der Waals surface area contributed by atoms with Gasteiger partial charge in [0.1, 0.15) is 11.5 Å². The predicted octanol–water partition coefficient (Wildman–Crippen LogP) is 7.52. The van der Waals surface area contributed by atoms with Gasteiger partial charge < -0.3 is 9.88 Å². The minimum absolute atomic E-state index is 0.0313. The molecule has 5 rings (SSSR count). The van der Waals surface area contributed by atoms with Crippen LogP contribution in [0.15, 0.2) is 66.7 Å². The summed E-state index contributed by atoms with van der Waals surface area (Å²) in [6, 6.07) is 21.3. The zero-order chi connectivity index (χ0) is 23.7. The van der Waals surface area contributed by atoms with E-state index in [9.17, 15) is 9.18 Å². The van der Waals surface area contributed by atoms with Crippen LogP contribution in [-0.2, 0) is 6.54 Å². The van der Waals surface area contributed by atoms with Crippen LogP contribution < -0.4 is 5.32 Å². The molecule has 1 amide bonds. The molecule has 0 spiro atoms. The molecule has 3 nitrogen and oxygen atoms in total. The third-order valence-corrected chi connectivity index (χ3v) is 7.07. The Morgan fingerprint density at radius 3 is 2.41 bits per heavy atom. The number of carbonyl (C=O) groups excluding carboxylic acids is 1. The fourth-order valence-electron chi connectivity index (χ4n) is 4.91. The minimum atomic E-state index is -0.208. The number of nitrogens with zero attached hydrogens (tertiary/aromatic N) is 1. The van der Waals surface area contributed by atoms with Crippen molar-refractivity contribution in [1.82, 2.24) is 9.88 Å². The number of aryl methyl sites for hydroxylation is 1. The lowest BCUT2D eigenvalue weighted by Gasteiger charge is -2.23. The molecular formula is C29H28ClFN2O. The number of rotatable bonds is 5. The van der Waals surface area contributed by atoms with E-state index in [-0.39, 0.29) is 17.8 Å². The Morgan fingerprint density at radius 2 is 1.68 bits per heavy atom. The van der Waals surface area contributed by atoms with Gasteiger partial charge in [-0.1, -0.05) is 55.1 Å². The van der Waals surface area contributed by atoms with Crippen LogP contribution in [0.5, 0.6) is 0 Å². The van der Waals surface area contributed by atoms with Crippen LogP contribution >= 0.6 is 11.6 Å². The second kappa shape index (κ2) is 9.63. The second-order valence-corrected chi connectivity index (χ2v) is 9.72. The number of amides is 1. The zero-order valence-corrected chi connectivity index (χ0v) is 20.0. The van der Waals surface area contributed by atoms with E-state index in [0.29, 0.717) is 22.8 Å². The Balaban J connectivity index is 1.54. The highest BCUT2D eigenvalue weighted by Gasteiger charge is 2.21. The van der Waals surface area contributed by atoms with Crippen molar-refractivity contribution in [2.75, 3.05) is 0 Å². The average Bonchev–Trinajstić information content (AvgIpc) is 3.20. The third kappa shape index (κ3) is 4.74. The number of benzene rings is 3. The first-order valence-corrected chi connectivity index (χ1v) is 12.3. The Bertz CT molecular complexity index is 1340. The lowest BCUT2D eigenvalue weighted by Crippen LogP contribution is -2.37. The van der Waals surface area contributed by atoms with E-state index in [1.807, 2.05) is 42.5 Å². The smallest absolute Gasteiger partial charge is 0.268 e. The van der Waals surface area contributed by atoms with Gasteiger partial charge in [-0.25, -0.2) is 4.39 Å². The van der Waals surface area contributed by atoms with Crippen molar-refractivity contribution in [3.05, 3.63) is 94.4 Å². The molecule has 1 heterocycles. The van der Waals surface area contributed by atoms with Crippen LogP contribution in [0.2, 0.25) is 5.02 Å². The molecule has 174 valence electrons. The standard InChI is InChI=1S/C29H28ClFN2O/c1-19-15-21(9-13-26(19)31)22-10-14-27-23(16-22)17-28(29(34)32-25-5-3-2-4-6-25)33(27)18-20-7-11-24(30)12-8-20/h7-17,25H,2-6,18H2,1H3,(H,32,34). The molecule has 0 aliphatic heterocycles.